The summed E-state index contributed by atoms with van der Waals surface area (Å²) in [4.78, 5) is 13.5. The van der Waals surface area contributed by atoms with Crippen molar-refractivity contribution in [3.63, 3.8) is 0 Å². The lowest BCUT2D eigenvalue weighted by atomic mass is 10.2. The van der Waals surface area contributed by atoms with Gasteiger partial charge >= 0.3 is 0 Å². The maximum atomic E-state index is 12.5. The second kappa shape index (κ2) is 8.31. The molecule has 0 saturated heterocycles. The highest BCUT2D eigenvalue weighted by atomic mass is 35.5. The van der Waals surface area contributed by atoms with E-state index >= 15 is 0 Å². The van der Waals surface area contributed by atoms with E-state index in [1.54, 1.807) is 12.1 Å². The summed E-state index contributed by atoms with van der Waals surface area (Å²) in [6.07, 6.45) is 0. The molecular formula is C18H20ClNO3S. The van der Waals surface area contributed by atoms with Gasteiger partial charge in [-0.2, -0.15) is 0 Å². The Labute approximate surface area is 151 Å². The molecule has 0 spiro atoms. The largest absolute Gasteiger partial charge is 0.495 e. The van der Waals surface area contributed by atoms with E-state index in [0.717, 1.165) is 4.90 Å². The molecule has 1 N–H and O–H groups in total. The van der Waals surface area contributed by atoms with Gasteiger partial charge in [0.15, 0.2) is 0 Å². The van der Waals surface area contributed by atoms with Crippen molar-refractivity contribution in [2.45, 2.75) is 24.0 Å². The smallest absolute Gasteiger partial charge is 0.237 e. The summed E-state index contributed by atoms with van der Waals surface area (Å²) in [5.74, 6) is 0.867. The summed E-state index contributed by atoms with van der Waals surface area (Å²) < 4.78 is 10.4. The molecule has 0 aromatic heterocycles. The highest BCUT2D eigenvalue weighted by Crippen LogP contribution is 2.36. The van der Waals surface area contributed by atoms with Crippen molar-refractivity contribution >= 4 is 35.0 Å². The van der Waals surface area contributed by atoms with Crippen LogP contribution in [0.15, 0.2) is 41.3 Å². The van der Waals surface area contributed by atoms with Crippen molar-refractivity contribution in [2.75, 3.05) is 19.5 Å². The number of ether oxygens (including phenoxy) is 2. The molecule has 2 rings (SSSR count). The summed E-state index contributed by atoms with van der Waals surface area (Å²) in [6, 6.07) is 11.3. The first-order valence-electron chi connectivity index (χ1n) is 7.40. The molecule has 0 bridgehead atoms. The molecule has 0 saturated carbocycles. The predicted octanol–water partition coefficient (Wildman–Crippen LogP) is 4.78. The van der Waals surface area contributed by atoms with Gasteiger partial charge < -0.3 is 14.8 Å². The number of amides is 1. The molecule has 0 heterocycles. The SMILES string of the molecule is COc1cc(OC)c(NC(=O)[C@H](C)Sc2ccc(C)cc2)cc1Cl. The van der Waals surface area contributed by atoms with Crippen LogP contribution in [0, 0.1) is 6.92 Å². The highest BCUT2D eigenvalue weighted by Gasteiger charge is 2.18. The average molecular weight is 366 g/mol. The minimum atomic E-state index is -0.265. The molecule has 0 fully saturated rings. The van der Waals surface area contributed by atoms with Crippen LogP contribution in [0.5, 0.6) is 11.5 Å². The third-order valence-electron chi connectivity index (χ3n) is 3.43. The molecule has 128 valence electrons. The minimum Gasteiger partial charge on any atom is -0.495 e. The van der Waals surface area contributed by atoms with Crippen molar-refractivity contribution in [2.24, 2.45) is 0 Å². The first-order chi connectivity index (χ1) is 11.4. The first kappa shape index (κ1) is 18.5. The van der Waals surface area contributed by atoms with Crippen LogP contribution < -0.4 is 14.8 Å². The molecule has 4 nitrogen and oxygen atoms in total. The van der Waals surface area contributed by atoms with E-state index in [4.69, 9.17) is 21.1 Å². The molecule has 1 amide bonds. The van der Waals surface area contributed by atoms with Crippen molar-refractivity contribution in [3.8, 4) is 11.5 Å². The van der Waals surface area contributed by atoms with Gasteiger partial charge in [-0.1, -0.05) is 29.3 Å². The number of nitrogens with one attached hydrogen (secondary N) is 1. The fourth-order valence-electron chi connectivity index (χ4n) is 2.07. The number of anilines is 1. The van der Waals surface area contributed by atoms with E-state index in [1.165, 1.54) is 31.5 Å². The summed E-state index contributed by atoms with van der Waals surface area (Å²) in [7, 11) is 3.06. The maximum Gasteiger partial charge on any atom is 0.237 e. The van der Waals surface area contributed by atoms with Gasteiger partial charge in [-0.3, -0.25) is 4.79 Å². The van der Waals surface area contributed by atoms with Gasteiger partial charge in [0, 0.05) is 11.0 Å². The molecule has 0 aliphatic heterocycles. The van der Waals surface area contributed by atoms with Crippen LogP contribution in [-0.2, 0) is 4.79 Å². The van der Waals surface area contributed by atoms with Crippen molar-refractivity contribution in [3.05, 3.63) is 47.0 Å². The number of rotatable bonds is 6. The van der Waals surface area contributed by atoms with Crippen LogP contribution in [0.3, 0.4) is 0 Å². The number of thioether (sulfide) groups is 1. The standard InChI is InChI=1S/C18H20ClNO3S/c1-11-5-7-13(8-6-11)24-12(2)18(21)20-15-9-14(19)16(22-3)10-17(15)23-4/h5-10,12H,1-4H3,(H,20,21)/t12-/m0/s1. The lowest BCUT2D eigenvalue weighted by Crippen LogP contribution is -2.22. The molecule has 2 aromatic carbocycles. The summed E-state index contributed by atoms with van der Waals surface area (Å²) in [6.45, 7) is 3.89. The zero-order valence-corrected chi connectivity index (χ0v) is 15.6. The summed E-state index contributed by atoms with van der Waals surface area (Å²) in [5.41, 5.74) is 1.71. The van der Waals surface area contributed by atoms with E-state index in [2.05, 4.69) is 5.32 Å². The third-order valence-corrected chi connectivity index (χ3v) is 4.84. The van der Waals surface area contributed by atoms with Crippen LogP contribution in [-0.4, -0.2) is 25.4 Å². The Morgan fingerprint density at radius 3 is 2.33 bits per heavy atom. The third kappa shape index (κ3) is 4.58. The highest BCUT2D eigenvalue weighted by molar-refractivity contribution is 8.00. The number of carbonyl (C=O) groups excluding carboxylic acids is 1. The van der Waals surface area contributed by atoms with Gasteiger partial charge in [-0.05, 0) is 32.0 Å². The van der Waals surface area contributed by atoms with Gasteiger partial charge in [0.2, 0.25) is 5.91 Å². The zero-order chi connectivity index (χ0) is 17.7. The molecule has 2 aromatic rings. The van der Waals surface area contributed by atoms with E-state index in [0.29, 0.717) is 22.2 Å². The number of hydrogen-bond acceptors (Lipinski definition) is 4. The number of aryl methyl sites for hydroxylation is 1. The molecule has 0 unspecified atom stereocenters. The topological polar surface area (TPSA) is 47.6 Å². The Kier molecular flexibility index (Phi) is 6.40. The molecular weight excluding hydrogens is 346 g/mol. The lowest BCUT2D eigenvalue weighted by Gasteiger charge is -2.16. The summed E-state index contributed by atoms with van der Waals surface area (Å²) in [5, 5.41) is 3.00. The Bertz CT molecular complexity index is 719. The zero-order valence-electron chi connectivity index (χ0n) is 14.1. The molecule has 24 heavy (non-hydrogen) atoms. The van der Waals surface area contributed by atoms with E-state index in [9.17, 15) is 4.79 Å². The number of benzene rings is 2. The van der Waals surface area contributed by atoms with Crippen LogP contribution in [0.2, 0.25) is 5.02 Å². The second-order valence-corrected chi connectivity index (χ2v) is 7.07. The first-order valence-corrected chi connectivity index (χ1v) is 8.66. The lowest BCUT2D eigenvalue weighted by molar-refractivity contribution is -0.115. The summed E-state index contributed by atoms with van der Waals surface area (Å²) >= 11 is 7.62. The molecule has 0 aliphatic rings. The van der Waals surface area contributed by atoms with Crippen LogP contribution in [0.25, 0.3) is 0 Å². The van der Waals surface area contributed by atoms with E-state index in [-0.39, 0.29) is 11.2 Å². The van der Waals surface area contributed by atoms with Crippen molar-refractivity contribution in [1.29, 1.82) is 0 Å². The Morgan fingerprint density at radius 2 is 1.75 bits per heavy atom. The van der Waals surface area contributed by atoms with Gasteiger partial charge in [0.1, 0.15) is 11.5 Å². The van der Waals surface area contributed by atoms with Crippen LogP contribution >= 0.6 is 23.4 Å². The van der Waals surface area contributed by atoms with E-state index in [1.807, 2.05) is 38.1 Å². The van der Waals surface area contributed by atoms with Gasteiger partial charge in [-0.15, -0.1) is 11.8 Å². The van der Waals surface area contributed by atoms with Crippen molar-refractivity contribution in [1.82, 2.24) is 0 Å². The number of halogens is 1. The quantitative estimate of drug-likeness (QED) is 0.748. The molecule has 6 heteroatoms. The monoisotopic (exact) mass is 365 g/mol. The molecule has 0 radical (unpaired) electrons. The number of hydrogen-bond donors (Lipinski definition) is 1. The van der Waals surface area contributed by atoms with Gasteiger partial charge in [0.05, 0.1) is 30.2 Å². The predicted molar refractivity (Wildman–Crippen MR) is 99.7 cm³/mol. The number of methoxy groups -OCH3 is 2. The fraction of sp³-hybridized carbons (Fsp3) is 0.278. The Hall–Kier alpha value is -1.85. The average Bonchev–Trinajstić information content (AvgIpc) is 2.57. The Balaban J connectivity index is 2.10. The maximum absolute atomic E-state index is 12.5. The molecule has 0 aliphatic carbocycles. The van der Waals surface area contributed by atoms with Gasteiger partial charge in [0.25, 0.3) is 0 Å². The minimum absolute atomic E-state index is 0.125. The fourth-order valence-corrected chi connectivity index (χ4v) is 3.17. The molecule has 1 atom stereocenters. The Morgan fingerprint density at radius 1 is 1.12 bits per heavy atom. The normalized spacial score (nSPS) is 11.7. The van der Waals surface area contributed by atoms with Gasteiger partial charge in [-0.25, -0.2) is 0 Å². The number of carbonyl (C=O) groups is 1. The van der Waals surface area contributed by atoms with E-state index < -0.39 is 0 Å². The second-order valence-electron chi connectivity index (χ2n) is 5.25. The van der Waals surface area contributed by atoms with Crippen LogP contribution in [0.1, 0.15) is 12.5 Å². The van der Waals surface area contributed by atoms with Crippen molar-refractivity contribution < 1.29 is 14.3 Å². The van der Waals surface area contributed by atoms with Crippen LogP contribution in [0.4, 0.5) is 5.69 Å².